The smallest absolute Gasteiger partial charge is 0.0853 e. The first kappa shape index (κ1) is 11.8. The molecular weight excluding hydrogens is 184 g/mol. The molecule has 0 fully saturated rings. The van der Waals surface area contributed by atoms with Gasteiger partial charge >= 0.3 is 0 Å². The monoisotopic (exact) mass is 204 g/mol. The van der Waals surface area contributed by atoms with E-state index in [2.05, 4.69) is 30.9 Å². The van der Waals surface area contributed by atoms with Crippen molar-refractivity contribution in [2.75, 3.05) is 11.9 Å². The van der Waals surface area contributed by atoms with E-state index >= 15 is 0 Å². The molecule has 0 radical (unpaired) electrons. The van der Waals surface area contributed by atoms with Gasteiger partial charge in [0.05, 0.1) is 11.4 Å². The van der Waals surface area contributed by atoms with Gasteiger partial charge in [-0.1, -0.05) is 38.8 Å². The van der Waals surface area contributed by atoms with E-state index in [4.69, 9.17) is 0 Å². The first-order chi connectivity index (χ1) is 7.31. The molecule has 0 aromatic heterocycles. The summed E-state index contributed by atoms with van der Waals surface area (Å²) in [6.45, 7) is 9.04. The second kappa shape index (κ2) is 6.23. The van der Waals surface area contributed by atoms with Gasteiger partial charge in [0.1, 0.15) is 0 Å². The topological polar surface area (TPSA) is 24.4 Å². The molecule has 0 bridgehead atoms. The van der Waals surface area contributed by atoms with Crippen LogP contribution in [-0.4, -0.2) is 13.3 Å². The van der Waals surface area contributed by atoms with E-state index < -0.39 is 0 Å². The average Bonchev–Trinajstić information content (AvgIpc) is 2.31. The lowest BCUT2D eigenvalue weighted by Crippen LogP contribution is -2.12. The van der Waals surface area contributed by atoms with Crippen molar-refractivity contribution in [1.82, 2.24) is 0 Å². The third-order valence-electron chi connectivity index (χ3n) is 2.81. The number of anilines is 1. The lowest BCUT2D eigenvalue weighted by atomic mass is 10.0. The lowest BCUT2D eigenvalue weighted by molar-refractivity contribution is 0.519. The van der Waals surface area contributed by atoms with Crippen molar-refractivity contribution in [1.29, 1.82) is 0 Å². The highest BCUT2D eigenvalue weighted by Gasteiger charge is 2.04. The first-order valence-electron chi connectivity index (χ1n) is 5.61. The maximum absolute atomic E-state index is 3.99. The molecule has 1 N–H and O–H groups in total. The Labute approximate surface area is 92.4 Å². The highest BCUT2D eigenvalue weighted by Crippen LogP contribution is 2.24. The van der Waals surface area contributed by atoms with Crippen LogP contribution in [0.25, 0.3) is 0 Å². The van der Waals surface area contributed by atoms with Crippen molar-refractivity contribution >= 4 is 18.1 Å². The minimum Gasteiger partial charge on any atom is -0.383 e. The normalized spacial score (nSPS) is 10.3. The van der Waals surface area contributed by atoms with Crippen molar-refractivity contribution in [3.63, 3.8) is 0 Å². The number of rotatable bonds is 6. The number of nitrogens with one attached hydrogen (secondary N) is 1. The second-order valence-corrected chi connectivity index (χ2v) is 3.74. The van der Waals surface area contributed by atoms with Crippen LogP contribution < -0.4 is 5.32 Å². The molecule has 2 heteroatoms. The van der Waals surface area contributed by atoms with Gasteiger partial charge in [0, 0.05) is 6.54 Å². The maximum Gasteiger partial charge on any atom is 0.0853 e. The molecule has 0 saturated carbocycles. The summed E-state index contributed by atoms with van der Waals surface area (Å²) in [5.74, 6) is 0.739. The Bertz CT molecular complexity index is 303. The number of aliphatic imine (C=N–C) groups is 1. The fourth-order valence-corrected chi connectivity index (χ4v) is 1.59. The van der Waals surface area contributed by atoms with Crippen molar-refractivity contribution in [3.05, 3.63) is 24.3 Å². The molecule has 1 aromatic carbocycles. The molecule has 0 unspecified atom stereocenters. The van der Waals surface area contributed by atoms with Gasteiger partial charge in [-0.2, -0.15) is 0 Å². The molecule has 1 rings (SSSR count). The fourth-order valence-electron chi connectivity index (χ4n) is 1.59. The van der Waals surface area contributed by atoms with E-state index in [0.717, 1.165) is 23.8 Å². The Kier molecular flexibility index (Phi) is 4.88. The number of hydrogen-bond acceptors (Lipinski definition) is 2. The molecule has 0 saturated heterocycles. The molecular formula is C13H20N2. The number of hydrogen-bond donors (Lipinski definition) is 1. The molecule has 0 aliphatic heterocycles. The number of benzene rings is 1. The van der Waals surface area contributed by atoms with E-state index in [1.165, 1.54) is 12.8 Å². The largest absolute Gasteiger partial charge is 0.383 e. The van der Waals surface area contributed by atoms with E-state index in [0.29, 0.717) is 0 Å². The van der Waals surface area contributed by atoms with Crippen LogP contribution in [-0.2, 0) is 0 Å². The van der Waals surface area contributed by atoms with Crippen LogP contribution in [0.15, 0.2) is 29.3 Å². The molecule has 82 valence electrons. The standard InChI is InChI=1S/C13H20N2/c1-4-11(5-2)10-15-13-9-7-6-8-12(13)14-3/h6-9,11,15H,3-5,10H2,1-2H3. The van der Waals surface area contributed by atoms with E-state index in [1.54, 1.807) is 0 Å². The van der Waals surface area contributed by atoms with Gasteiger partial charge < -0.3 is 5.32 Å². The molecule has 1 aromatic rings. The number of para-hydroxylation sites is 2. The zero-order valence-corrected chi connectivity index (χ0v) is 9.66. The van der Waals surface area contributed by atoms with Gasteiger partial charge in [0.2, 0.25) is 0 Å². The second-order valence-electron chi connectivity index (χ2n) is 3.74. The summed E-state index contributed by atoms with van der Waals surface area (Å²) in [5.41, 5.74) is 2.02. The van der Waals surface area contributed by atoms with Crippen molar-refractivity contribution < 1.29 is 0 Å². The van der Waals surface area contributed by atoms with Gasteiger partial charge in [-0.25, -0.2) is 0 Å². The molecule has 0 spiro atoms. The maximum atomic E-state index is 3.99. The summed E-state index contributed by atoms with van der Waals surface area (Å²) in [4.78, 5) is 3.99. The Morgan fingerprint density at radius 2 is 1.93 bits per heavy atom. The number of nitrogens with zero attached hydrogens (tertiary/aromatic N) is 1. The minimum atomic E-state index is 0.739. The summed E-state index contributed by atoms with van der Waals surface area (Å²) >= 11 is 0. The highest BCUT2D eigenvalue weighted by molar-refractivity contribution is 5.67. The predicted molar refractivity (Wildman–Crippen MR) is 68.2 cm³/mol. The van der Waals surface area contributed by atoms with Crippen LogP contribution in [0.3, 0.4) is 0 Å². The molecule has 0 aliphatic carbocycles. The predicted octanol–water partition coefficient (Wildman–Crippen LogP) is 3.87. The Balaban J connectivity index is 2.60. The molecule has 0 amide bonds. The fraction of sp³-hybridized carbons (Fsp3) is 0.462. The summed E-state index contributed by atoms with van der Waals surface area (Å²) < 4.78 is 0. The van der Waals surface area contributed by atoms with E-state index in [9.17, 15) is 0 Å². The van der Waals surface area contributed by atoms with Crippen molar-refractivity contribution in [2.24, 2.45) is 10.9 Å². The van der Waals surface area contributed by atoms with Crippen LogP contribution in [0, 0.1) is 5.92 Å². The van der Waals surface area contributed by atoms with Gasteiger partial charge in [-0.3, -0.25) is 4.99 Å². The van der Waals surface area contributed by atoms with Crippen molar-refractivity contribution in [3.8, 4) is 0 Å². The molecule has 2 nitrogen and oxygen atoms in total. The van der Waals surface area contributed by atoms with Crippen LogP contribution in [0.5, 0.6) is 0 Å². The van der Waals surface area contributed by atoms with Crippen LogP contribution >= 0.6 is 0 Å². The quantitative estimate of drug-likeness (QED) is 0.699. The summed E-state index contributed by atoms with van der Waals surface area (Å²) in [6, 6.07) is 8.02. The molecule has 0 heterocycles. The third kappa shape index (κ3) is 3.39. The van der Waals surface area contributed by atoms with E-state index in [-0.39, 0.29) is 0 Å². The van der Waals surface area contributed by atoms with Gasteiger partial charge in [-0.05, 0) is 24.8 Å². The average molecular weight is 204 g/mol. The minimum absolute atomic E-state index is 0.739. The SMILES string of the molecule is C=Nc1ccccc1NCC(CC)CC. The van der Waals surface area contributed by atoms with Crippen molar-refractivity contribution in [2.45, 2.75) is 26.7 Å². The Morgan fingerprint density at radius 1 is 1.27 bits per heavy atom. The molecule has 0 aliphatic rings. The molecule has 15 heavy (non-hydrogen) atoms. The Morgan fingerprint density at radius 3 is 2.53 bits per heavy atom. The Hall–Kier alpha value is -1.31. The summed E-state index contributed by atoms with van der Waals surface area (Å²) in [6.07, 6.45) is 2.43. The van der Waals surface area contributed by atoms with Gasteiger partial charge in [-0.15, -0.1) is 0 Å². The van der Waals surface area contributed by atoms with Crippen LogP contribution in [0.2, 0.25) is 0 Å². The zero-order valence-electron chi connectivity index (χ0n) is 9.66. The third-order valence-corrected chi connectivity index (χ3v) is 2.81. The van der Waals surface area contributed by atoms with Gasteiger partial charge in [0.15, 0.2) is 0 Å². The summed E-state index contributed by atoms with van der Waals surface area (Å²) in [7, 11) is 0. The van der Waals surface area contributed by atoms with Gasteiger partial charge in [0.25, 0.3) is 0 Å². The lowest BCUT2D eigenvalue weighted by Gasteiger charge is -2.15. The highest BCUT2D eigenvalue weighted by atomic mass is 14.9. The van der Waals surface area contributed by atoms with E-state index in [1.807, 2.05) is 24.3 Å². The molecule has 0 atom stereocenters. The van der Waals surface area contributed by atoms with Crippen LogP contribution in [0.4, 0.5) is 11.4 Å². The van der Waals surface area contributed by atoms with Crippen LogP contribution in [0.1, 0.15) is 26.7 Å². The summed E-state index contributed by atoms with van der Waals surface area (Å²) in [5, 5.41) is 3.43. The zero-order chi connectivity index (χ0) is 11.1. The first-order valence-corrected chi connectivity index (χ1v) is 5.61.